The van der Waals surface area contributed by atoms with E-state index in [1.54, 1.807) is 0 Å². The third-order valence-electron chi connectivity index (χ3n) is 3.72. The standard InChI is InChI=1S/C16H16O2/c17-16(18)8-11-5-6-14-9-12-3-1-2-4-13(12)10-15(14)7-11/h5-7,9-10H,1-4,8H2,(H,17,18). The van der Waals surface area contributed by atoms with Crippen molar-refractivity contribution in [3.63, 3.8) is 0 Å². The van der Waals surface area contributed by atoms with Gasteiger partial charge in [0, 0.05) is 0 Å². The van der Waals surface area contributed by atoms with Crippen molar-refractivity contribution >= 4 is 16.7 Å². The lowest BCUT2D eigenvalue weighted by atomic mass is 9.89. The Kier molecular flexibility index (Phi) is 2.78. The van der Waals surface area contributed by atoms with Crippen LogP contribution >= 0.6 is 0 Å². The van der Waals surface area contributed by atoms with Crippen LogP contribution in [0.5, 0.6) is 0 Å². The van der Waals surface area contributed by atoms with Crippen LogP contribution in [0, 0.1) is 0 Å². The molecule has 0 fully saturated rings. The molecule has 0 radical (unpaired) electrons. The minimum atomic E-state index is -0.771. The van der Waals surface area contributed by atoms with Gasteiger partial charge in [-0.25, -0.2) is 0 Å². The van der Waals surface area contributed by atoms with Crippen LogP contribution in [-0.2, 0) is 24.1 Å². The van der Waals surface area contributed by atoms with E-state index < -0.39 is 5.97 Å². The zero-order valence-electron chi connectivity index (χ0n) is 10.3. The van der Waals surface area contributed by atoms with Crippen LogP contribution in [0.2, 0.25) is 0 Å². The minimum Gasteiger partial charge on any atom is -0.481 e. The third-order valence-corrected chi connectivity index (χ3v) is 3.72. The van der Waals surface area contributed by atoms with Crippen molar-refractivity contribution in [2.24, 2.45) is 0 Å². The number of hydrogen-bond acceptors (Lipinski definition) is 1. The van der Waals surface area contributed by atoms with Gasteiger partial charge in [0.05, 0.1) is 6.42 Å². The summed E-state index contributed by atoms with van der Waals surface area (Å²) in [6.07, 6.45) is 5.01. The molecule has 2 heteroatoms. The first-order valence-corrected chi connectivity index (χ1v) is 6.48. The molecule has 0 amide bonds. The molecule has 0 heterocycles. The smallest absolute Gasteiger partial charge is 0.307 e. The molecule has 2 aromatic carbocycles. The molecule has 0 saturated carbocycles. The number of rotatable bonds is 2. The summed E-state index contributed by atoms with van der Waals surface area (Å²) < 4.78 is 0. The van der Waals surface area contributed by atoms with Gasteiger partial charge in [0.25, 0.3) is 0 Å². The van der Waals surface area contributed by atoms with Crippen molar-refractivity contribution < 1.29 is 9.90 Å². The normalized spacial score (nSPS) is 14.4. The molecular formula is C16H16O2. The van der Waals surface area contributed by atoms with Crippen LogP contribution in [0.3, 0.4) is 0 Å². The average molecular weight is 240 g/mol. The van der Waals surface area contributed by atoms with Gasteiger partial charge in [0.1, 0.15) is 0 Å². The fourth-order valence-electron chi connectivity index (χ4n) is 2.82. The second kappa shape index (κ2) is 4.45. The van der Waals surface area contributed by atoms with Gasteiger partial charge in [0.15, 0.2) is 0 Å². The topological polar surface area (TPSA) is 37.3 Å². The molecule has 1 aliphatic carbocycles. The second-order valence-electron chi connectivity index (χ2n) is 5.08. The number of fused-ring (bicyclic) bond motifs is 2. The highest BCUT2D eigenvalue weighted by Gasteiger charge is 2.10. The average Bonchev–Trinajstić information content (AvgIpc) is 2.35. The Bertz CT molecular complexity index is 614. The van der Waals surface area contributed by atoms with Gasteiger partial charge in [-0.05, 0) is 53.1 Å². The van der Waals surface area contributed by atoms with Crippen molar-refractivity contribution in [1.29, 1.82) is 0 Å². The minimum absolute atomic E-state index is 0.104. The van der Waals surface area contributed by atoms with Crippen LogP contribution in [0.15, 0.2) is 30.3 Å². The zero-order chi connectivity index (χ0) is 12.5. The summed E-state index contributed by atoms with van der Waals surface area (Å²) in [7, 11) is 0. The number of carboxylic acid groups (broad SMARTS) is 1. The maximum atomic E-state index is 10.7. The maximum absolute atomic E-state index is 10.7. The molecule has 2 aromatic rings. The quantitative estimate of drug-likeness (QED) is 0.874. The molecule has 0 aliphatic heterocycles. The Balaban J connectivity index is 2.07. The summed E-state index contributed by atoms with van der Waals surface area (Å²) in [6.45, 7) is 0. The van der Waals surface area contributed by atoms with Crippen molar-refractivity contribution in [3.8, 4) is 0 Å². The first-order valence-electron chi connectivity index (χ1n) is 6.48. The number of carboxylic acids is 1. The van der Waals surface area contributed by atoms with Crippen LogP contribution in [0.1, 0.15) is 29.5 Å². The fraction of sp³-hybridized carbons (Fsp3) is 0.312. The highest BCUT2D eigenvalue weighted by Crippen LogP contribution is 2.27. The number of aliphatic carboxylic acids is 1. The summed E-state index contributed by atoms with van der Waals surface area (Å²) in [5.74, 6) is -0.771. The molecule has 0 aromatic heterocycles. The van der Waals surface area contributed by atoms with Gasteiger partial charge in [-0.2, -0.15) is 0 Å². The van der Waals surface area contributed by atoms with Gasteiger partial charge in [-0.15, -0.1) is 0 Å². The van der Waals surface area contributed by atoms with E-state index in [1.165, 1.54) is 41.2 Å². The third kappa shape index (κ3) is 2.10. The van der Waals surface area contributed by atoms with Gasteiger partial charge in [-0.3, -0.25) is 4.79 Å². The SMILES string of the molecule is O=C(O)Cc1ccc2cc3c(cc2c1)CCCC3. The number of hydrogen-bond donors (Lipinski definition) is 1. The van der Waals surface area contributed by atoms with Gasteiger partial charge >= 0.3 is 5.97 Å². The fourth-order valence-corrected chi connectivity index (χ4v) is 2.82. The molecule has 18 heavy (non-hydrogen) atoms. The summed E-state index contributed by atoms with van der Waals surface area (Å²) >= 11 is 0. The molecule has 0 unspecified atom stereocenters. The van der Waals surface area contributed by atoms with Gasteiger partial charge in [0.2, 0.25) is 0 Å². The van der Waals surface area contributed by atoms with Crippen LogP contribution in [-0.4, -0.2) is 11.1 Å². The number of carbonyl (C=O) groups is 1. The molecule has 92 valence electrons. The summed E-state index contributed by atoms with van der Waals surface area (Å²) in [6, 6.07) is 10.5. The summed E-state index contributed by atoms with van der Waals surface area (Å²) in [4.78, 5) is 10.7. The Morgan fingerprint density at radius 3 is 2.33 bits per heavy atom. The monoisotopic (exact) mass is 240 g/mol. The van der Waals surface area contributed by atoms with E-state index >= 15 is 0 Å². The number of aryl methyl sites for hydroxylation is 2. The molecule has 0 atom stereocenters. The lowest BCUT2D eigenvalue weighted by Gasteiger charge is -2.16. The molecule has 2 nitrogen and oxygen atoms in total. The first-order chi connectivity index (χ1) is 8.72. The lowest BCUT2D eigenvalue weighted by molar-refractivity contribution is -0.136. The van der Waals surface area contributed by atoms with Crippen molar-refractivity contribution in [2.45, 2.75) is 32.1 Å². The van der Waals surface area contributed by atoms with Crippen molar-refractivity contribution in [3.05, 3.63) is 47.0 Å². The lowest BCUT2D eigenvalue weighted by Crippen LogP contribution is -2.03. The molecule has 3 rings (SSSR count). The van der Waals surface area contributed by atoms with Crippen LogP contribution in [0.25, 0.3) is 10.8 Å². The van der Waals surface area contributed by atoms with E-state index in [4.69, 9.17) is 5.11 Å². The highest BCUT2D eigenvalue weighted by molar-refractivity contribution is 5.86. The van der Waals surface area contributed by atoms with E-state index in [-0.39, 0.29) is 6.42 Å². The molecule has 1 N–H and O–H groups in total. The van der Waals surface area contributed by atoms with Crippen LogP contribution < -0.4 is 0 Å². The summed E-state index contributed by atoms with van der Waals surface area (Å²) in [5.41, 5.74) is 3.80. The second-order valence-corrected chi connectivity index (χ2v) is 5.08. The zero-order valence-corrected chi connectivity index (χ0v) is 10.3. The Morgan fingerprint density at radius 2 is 1.67 bits per heavy atom. The molecule has 0 bridgehead atoms. The van der Waals surface area contributed by atoms with E-state index in [1.807, 2.05) is 18.2 Å². The Morgan fingerprint density at radius 1 is 1.00 bits per heavy atom. The molecular weight excluding hydrogens is 224 g/mol. The largest absolute Gasteiger partial charge is 0.481 e. The summed E-state index contributed by atoms with van der Waals surface area (Å²) in [5, 5.41) is 11.2. The predicted molar refractivity (Wildman–Crippen MR) is 71.9 cm³/mol. The Hall–Kier alpha value is -1.83. The van der Waals surface area contributed by atoms with Crippen molar-refractivity contribution in [2.75, 3.05) is 0 Å². The molecule has 0 spiro atoms. The maximum Gasteiger partial charge on any atom is 0.307 e. The molecule has 1 aliphatic rings. The van der Waals surface area contributed by atoms with E-state index in [9.17, 15) is 4.79 Å². The van der Waals surface area contributed by atoms with Crippen LogP contribution in [0.4, 0.5) is 0 Å². The van der Waals surface area contributed by atoms with Gasteiger partial charge < -0.3 is 5.11 Å². The Labute approximate surface area is 106 Å². The molecule has 0 saturated heterocycles. The highest BCUT2D eigenvalue weighted by atomic mass is 16.4. The number of benzene rings is 2. The van der Waals surface area contributed by atoms with Crippen molar-refractivity contribution in [1.82, 2.24) is 0 Å². The predicted octanol–water partition coefficient (Wildman–Crippen LogP) is 3.35. The van der Waals surface area contributed by atoms with E-state index in [0.717, 1.165) is 12.0 Å². The first kappa shape index (κ1) is 11.3. The van der Waals surface area contributed by atoms with E-state index in [2.05, 4.69) is 12.1 Å². The van der Waals surface area contributed by atoms with E-state index in [0.29, 0.717) is 0 Å². The van der Waals surface area contributed by atoms with Gasteiger partial charge in [-0.1, -0.05) is 30.3 Å².